The SMILES string of the molecule is COC(=O)CCC(=O)N1C2=NC(C(=O)OC)=C(C(=O)OC)C3N(C)c4ccc(C#Cc5ccccn5)cc4[C@]23C[C@H]1C(=O)OC. The van der Waals surface area contributed by atoms with Crippen LogP contribution in [0.4, 0.5) is 5.69 Å². The molecule has 0 bridgehead atoms. The summed E-state index contributed by atoms with van der Waals surface area (Å²) in [6, 6.07) is 8.63. The number of amidine groups is 1. The van der Waals surface area contributed by atoms with Crippen molar-refractivity contribution in [1.82, 2.24) is 9.88 Å². The molecular formula is C32H30N4O9. The fraction of sp³-hybridized carbons (Fsp3) is 0.344. The van der Waals surface area contributed by atoms with Crippen molar-refractivity contribution in [3.63, 3.8) is 0 Å². The van der Waals surface area contributed by atoms with Gasteiger partial charge in [-0.1, -0.05) is 12.0 Å². The number of likely N-dealkylation sites (N-methyl/N-ethyl adjacent to an activating group) is 1. The Hall–Kier alpha value is -5.51. The van der Waals surface area contributed by atoms with Crippen LogP contribution in [0.1, 0.15) is 36.1 Å². The van der Waals surface area contributed by atoms with Gasteiger partial charge in [-0.15, -0.1) is 0 Å². The zero-order valence-corrected chi connectivity index (χ0v) is 25.3. The first kappa shape index (κ1) is 30.9. The van der Waals surface area contributed by atoms with Crippen LogP contribution in [-0.2, 0) is 48.3 Å². The Morgan fingerprint density at radius 2 is 1.69 bits per heavy atom. The third-order valence-electron chi connectivity index (χ3n) is 8.21. The van der Waals surface area contributed by atoms with Crippen molar-refractivity contribution in [1.29, 1.82) is 0 Å². The number of aliphatic imine (C=N–C) groups is 1. The maximum Gasteiger partial charge on any atom is 0.357 e. The molecule has 1 aromatic heterocycles. The lowest BCUT2D eigenvalue weighted by Gasteiger charge is -2.39. The Balaban J connectivity index is 1.77. The molecule has 1 saturated heterocycles. The Labute approximate surface area is 258 Å². The van der Waals surface area contributed by atoms with Crippen LogP contribution in [-0.4, -0.2) is 93.1 Å². The number of methoxy groups -OCH3 is 4. The molecule has 0 radical (unpaired) electrons. The molecule has 2 aromatic rings. The normalized spacial score (nSPS) is 21.0. The molecule has 3 aliphatic rings. The lowest BCUT2D eigenvalue weighted by atomic mass is 9.69. The zero-order valence-electron chi connectivity index (χ0n) is 25.3. The molecule has 13 heteroatoms. The van der Waals surface area contributed by atoms with E-state index in [0.717, 1.165) is 12.0 Å². The van der Waals surface area contributed by atoms with Crippen molar-refractivity contribution < 1.29 is 42.9 Å². The second kappa shape index (κ2) is 12.2. The number of likely N-dealkylation sites (tertiary alicyclic amines) is 1. The first-order chi connectivity index (χ1) is 21.6. The van der Waals surface area contributed by atoms with Crippen molar-refractivity contribution in [2.45, 2.75) is 36.8 Å². The van der Waals surface area contributed by atoms with E-state index in [4.69, 9.17) is 18.9 Å². The van der Waals surface area contributed by atoms with Crippen LogP contribution in [0.2, 0.25) is 0 Å². The average molecular weight is 615 g/mol. The summed E-state index contributed by atoms with van der Waals surface area (Å²) in [5, 5.41) is 0. The third-order valence-corrected chi connectivity index (χ3v) is 8.21. The molecular weight excluding hydrogens is 584 g/mol. The number of rotatable bonds is 6. The molecule has 1 unspecified atom stereocenters. The van der Waals surface area contributed by atoms with Gasteiger partial charge in [-0.25, -0.2) is 24.4 Å². The predicted molar refractivity (Wildman–Crippen MR) is 158 cm³/mol. The molecule has 0 saturated carbocycles. The fourth-order valence-electron chi connectivity index (χ4n) is 6.29. The molecule has 0 N–H and O–H groups in total. The predicted octanol–water partition coefficient (Wildman–Crippen LogP) is 1.28. The number of fused-ring (bicyclic) bond motifs is 1. The van der Waals surface area contributed by atoms with Gasteiger partial charge in [0, 0.05) is 30.9 Å². The highest BCUT2D eigenvalue weighted by atomic mass is 16.5. The minimum Gasteiger partial charge on any atom is -0.469 e. The first-order valence-electron chi connectivity index (χ1n) is 13.9. The summed E-state index contributed by atoms with van der Waals surface area (Å²) in [7, 11) is 6.44. The number of nitrogens with zero attached hydrogens (tertiary/aromatic N) is 4. The van der Waals surface area contributed by atoms with E-state index in [1.807, 2.05) is 18.2 Å². The van der Waals surface area contributed by atoms with Gasteiger partial charge in [-0.3, -0.25) is 14.5 Å². The maximum absolute atomic E-state index is 13.8. The molecule has 1 amide bonds. The van der Waals surface area contributed by atoms with Gasteiger partial charge in [0.2, 0.25) is 5.91 Å². The summed E-state index contributed by atoms with van der Waals surface area (Å²) in [4.78, 5) is 77.4. The van der Waals surface area contributed by atoms with Crippen LogP contribution in [0, 0.1) is 11.8 Å². The first-order valence-corrected chi connectivity index (χ1v) is 13.9. The highest BCUT2D eigenvalue weighted by molar-refractivity contribution is 6.17. The molecule has 1 spiro atoms. The number of amides is 1. The molecule has 3 atom stereocenters. The number of anilines is 1. The molecule has 13 nitrogen and oxygen atoms in total. The van der Waals surface area contributed by atoms with Gasteiger partial charge in [0.25, 0.3) is 0 Å². The lowest BCUT2D eigenvalue weighted by Crippen LogP contribution is -2.55. The molecule has 5 rings (SSSR count). The summed E-state index contributed by atoms with van der Waals surface area (Å²) >= 11 is 0. The number of esters is 4. The quantitative estimate of drug-likeness (QED) is 0.263. The highest BCUT2D eigenvalue weighted by Gasteiger charge is 2.67. The molecule has 3 aliphatic heterocycles. The minimum atomic E-state index is -1.33. The number of benzene rings is 1. The van der Waals surface area contributed by atoms with E-state index >= 15 is 0 Å². The Bertz CT molecular complexity index is 1720. The van der Waals surface area contributed by atoms with Gasteiger partial charge >= 0.3 is 23.9 Å². The second-order valence-electron chi connectivity index (χ2n) is 10.4. The monoisotopic (exact) mass is 614 g/mol. The van der Waals surface area contributed by atoms with E-state index in [1.54, 1.807) is 36.3 Å². The molecule has 232 valence electrons. The molecule has 1 aromatic carbocycles. The van der Waals surface area contributed by atoms with Crippen molar-refractivity contribution in [2.75, 3.05) is 40.4 Å². The van der Waals surface area contributed by atoms with E-state index in [-0.39, 0.29) is 36.4 Å². The van der Waals surface area contributed by atoms with Crippen LogP contribution >= 0.6 is 0 Å². The van der Waals surface area contributed by atoms with E-state index < -0.39 is 47.3 Å². The Morgan fingerprint density at radius 1 is 0.933 bits per heavy atom. The summed E-state index contributed by atoms with van der Waals surface area (Å²) in [5.41, 5.74) is 0.619. The van der Waals surface area contributed by atoms with Gasteiger partial charge in [0.05, 0.1) is 51.9 Å². The molecule has 45 heavy (non-hydrogen) atoms. The van der Waals surface area contributed by atoms with Crippen molar-refractivity contribution >= 4 is 41.3 Å². The standard InChI is InChI=1S/C32H30N4O9/c1-35-21-12-10-18(9-11-19-8-6-7-15-33-19)16-20(21)32-17-22(28(39)43-3)36(23(37)13-14-24(38)42-2)31(32)34-26(30(41)45-5)25(27(32)35)29(40)44-4/h6-8,10,12,15-16,22,27H,13-14,17H2,1-5H3/t22-,27?,32-/m0/s1. The zero-order chi connectivity index (χ0) is 32.5. The van der Waals surface area contributed by atoms with E-state index in [2.05, 4.69) is 21.8 Å². The topological polar surface area (TPSA) is 154 Å². The summed E-state index contributed by atoms with van der Waals surface area (Å²) < 4.78 is 19.9. The highest BCUT2D eigenvalue weighted by Crippen LogP contribution is 2.57. The fourth-order valence-corrected chi connectivity index (χ4v) is 6.29. The van der Waals surface area contributed by atoms with Crippen molar-refractivity contribution in [2.24, 2.45) is 4.99 Å². The van der Waals surface area contributed by atoms with Gasteiger partial charge in [0.15, 0.2) is 5.70 Å². The van der Waals surface area contributed by atoms with E-state index in [9.17, 15) is 24.0 Å². The number of pyridine rings is 1. The van der Waals surface area contributed by atoms with E-state index in [1.165, 1.54) is 21.3 Å². The van der Waals surface area contributed by atoms with Crippen LogP contribution in [0.25, 0.3) is 0 Å². The lowest BCUT2D eigenvalue weighted by molar-refractivity contribution is -0.149. The van der Waals surface area contributed by atoms with Gasteiger partial charge in [0.1, 0.15) is 17.6 Å². The van der Waals surface area contributed by atoms with Crippen LogP contribution in [0.15, 0.2) is 58.9 Å². The summed E-state index contributed by atoms with van der Waals surface area (Å²) in [5.74, 6) is 2.40. The average Bonchev–Trinajstić information content (AvgIpc) is 3.55. The van der Waals surface area contributed by atoms with Crippen molar-refractivity contribution in [3.05, 3.63) is 70.7 Å². The molecule has 4 heterocycles. The number of ether oxygens (including phenoxy) is 4. The number of hydrogen-bond acceptors (Lipinski definition) is 12. The van der Waals surface area contributed by atoms with Crippen LogP contribution in [0.5, 0.6) is 0 Å². The third kappa shape index (κ3) is 5.08. The minimum absolute atomic E-state index is 0.0336. The van der Waals surface area contributed by atoms with Gasteiger partial charge in [-0.2, -0.15) is 0 Å². The van der Waals surface area contributed by atoms with Gasteiger partial charge in [-0.05, 0) is 48.2 Å². The summed E-state index contributed by atoms with van der Waals surface area (Å²) in [6.45, 7) is 0. The number of aromatic nitrogens is 1. The molecule has 0 aliphatic carbocycles. The maximum atomic E-state index is 13.8. The Morgan fingerprint density at radius 3 is 2.33 bits per heavy atom. The summed E-state index contributed by atoms with van der Waals surface area (Å²) in [6.07, 6.45) is 0.989. The van der Waals surface area contributed by atoms with Crippen molar-refractivity contribution in [3.8, 4) is 11.8 Å². The number of hydrogen-bond donors (Lipinski definition) is 0. The second-order valence-corrected chi connectivity index (χ2v) is 10.4. The largest absolute Gasteiger partial charge is 0.469 e. The molecule has 1 fully saturated rings. The van der Waals surface area contributed by atoms with Gasteiger partial charge < -0.3 is 23.8 Å². The number of carbonyl (C=O) groups excluding carboxylic acids is 5. The van der Waals surface area contributed by atoms with Crippen LogP contribution < -0.4 is 4.90 Å². The van der Waals surface area contributed by atoms with E-state index in [0.29, 0.717) is 22.5 Å². The smallest absolute Gasteiger partial charge is 0.357 e. The van der Waals surface area contributed by atoms with Crippen LogP contribution in [0.3, 0.4) is 0 Å². The number of carbonyl (C=O) groups is 5. The Kier molecular flexibility index (Phi) is 8.41.